The number of aromatic nitrogens is 2. The van der Waals surface area contributed by atoms with Gasteiger partial charge in [0, 0.05) is 18.0 Å². The quantitative estimate of drug-likeness (QED) is 0.551. The molecule has 0 saturated carbocycles. The number of methoxy groups -OCH3 is 2. The van der Waals surface area contributed by atoms with Crippen molar-refractivity contribution in [2.75, 3.05) is 19.6 Å². The van der Waals surface area contributed by atoms with Crippen LogP contribution in [0.25, 0.3) is 11.1 Å². The maximum absolute atomic E-state index is 5.26. The molecule has 6 heteroatoms. The van der Waals surface area contributed by atoms with Gasteiger partial charge in [-0.25, -0.2) is 15.4 Å². The first kappa shape index (κ1) is 16.4. The summed E-state index contributed by atoms with van der Waals surface area (Å²) in [5.74, 6) is 1.75. The number of ether oxygens (including phenoxy) is 2. The number of anilines is 1. The van der Waals surface area contributed by atoms with Gasteiger partial charge in [0.15, 0.2) is 11.5 Å². The van der Waals surface area contributed by atoms with Crippen LogP contribution in [-0.4, -0.2) is 30.4 Å². The fourth-order valence-corrected chi connectivity index (χ4v) is 2.26. The molecule has 0 unspecified atom stereocenters. The lowest BCUT2D eigenvalue weighted by Crippen LogP contribution is -1.97. The Bertz CT molecular complexity index is 849. The zero-order chi connectivity index (χ0) is 17.5. The molecule has 0 aliphatic carbocycles. The first-order valence-corrected chi connectivity index (χ1v) is 7.68. The lowest BCUT2D eigenvalue weighted by atomic mass is 10.1. The van der Waals surface area contributed by atoms with Gasteiger partial charge in [-0.3, -0.25) is 0 Å². The minimum absolute atomic E-state index is 0.427. The van der Waals surface area contributed by atoms with E-state index in [1.165, 1.54) is 0 Å². The van der Waals surface area contributed by atoms with Crippen LogP contribution in [-0.2, 0) is 0 Å². The average Bonchev–Trinajstić information content (AvgIpc) is 2.69. The minimum Gasteiger partial charge on any atom is -0.493 e. The van der Waals surface area contributed by atoms with Crippen molar-refractivity contribution in [2.24, 2.45) is 5.10 Å². The molecule has 0 saturated heterocycles. The first-order valence-electron chi connectivity index (χ1n) is 7.68. The molecule has 3 rings (SSSR count). The molecule has 0 aliphatic heterocycles. The molecule has 2 aromatic carbocycles. The zero-order valence-electron chi connectivity index (χ0n) is 14.0. The van der Waals surface area contributed by atoms with Gasteiger partial charge in [-0.05, 0) is 29.3 Å². The number of nitrogens with one attached hydrogen (secondary N) is 1. The maximum Gasteiger partial charge on any atom is 0.243 e. The van der Waals surface area contributed by atoms with Crippen LogP contribution in [0.15, 0.2) is 66.0 Å². The Morgan fingerprint density at radius 3 is 2.28 bits per heavy atom. The van der Waals surface area contributed by atoms with Crippen molar-refractivity contribution in [3.8, 4) is 22.6 Å². The highest BCUT2D eigenvalue weighted by molar-refractivity contribution is 5.81. The highest BCUT2D eigenvalue weighted by atomic mass is 16.5. The Hall–Kier alpha value is -3.41. The number of hydrogen-bond acceptors (Lipinski definition) is 6. The Morgan fingerprint density at radius 1 is 0.880 bits per heavy atom. The van der Waals surface area contributed by atoms with Crippen molar-refractivity contribution in [1.29, 1.82) is 0 Å². The molecule has 126 valence electrons. The molecular weight excluding hydrogens is 316 g/mol. The normalized spacial score (nSPS) is 10.6. The van der Waals surface area contributed by atoms with Crippen LogP contribution in [0.3, 0.4) is 0 Å². The fourth-order valence-electron chi connectivity index (χ4n) is 2.26. The summed E-state index contributed by atoms with van der Waals surface area (Å²) < 4.78 is 10.5. The van der Waals surface area contributed by atoms with Crippen LogP contribution in [0.5, 0.6) is 11.5 Å². The number of benzene rings is 2. The molecule has 0 radical (unpaired) electrons. The van der Waals surface area contributed by atoms with E-state index in [0.29, 0.717) is 17.4 Å². The lowest BCUT2D eigenvalue weighted by Gasteiger charge is -2.07. The molecule has 0 amide bonds. The van der Waals surface area contributed by atoms with Gasteiger partial charge in [-0.1, -0.05) is 30.3 Å². The van der Waals surface area contributed by atoms with Crippen molar-refractivity contribution >= 4 is 12.2 Å². The van der Waals surface area contributed by atoms with Crippen LogP contribution < -0.4 is 14.9 Å². The van der Waals surface area contributed by atoms with E-state index in [2.05, 4.69) is 20.5 Å². The summed E-state index contributed by atoms with van der Waals surface area (Å²) in [6, 6.07) is 15.5. The van der Waals surface area contributed by atoms with Crippen LogP contribution >= 0.6 is 0 Å². The lowest BCUT2D eigenvalue weighted by molar-refractivity contribution is 0.355. The Balaban J connectivity index is 1.66. The molecule has 0 aliphatic rings. The molecule has 0 spiro atoms. The molecule has 1 N–H and O–H groups in total. The summed E-state index contributed by atoms with van der Waals surface area (Å²) in [6.45, 7) is 0. The van der Waals surface area contributed by atoms with E-state index < -0.39 is 0 Å². The van der Waals surface area contributed by atoms with E-state index in [4.69, 9.17) is 9.47 Å². The van der Waals surface area contributed by atoms with Crippen molar-refractivity contribution in [3.05, 3.63) is 66.5 Å². The van der Waals surface area contributed by atoms with Gasteiger partial charge in [-0.15, -0.1) is 0 Å². The van der Waals surface area contributed by atoms with Gasteiger partial charge >= 0.3 is 0 Å². The number of hydrogen-bond donors (Lipinski definition) is 1. The summed E-state index contributed by atoms with van der Waals surface area (Å²) in [5, 5.41) is 4.15. The molecule has 0 fully saturated rings. The highest BCUT2D eigenvalue weighted by Crippen LogP contribution is 2.26. The van der Waals surface area contributed by atoms with Crippen LogP contribution in [0.2, 0.25) is 0 Å². The number of rotatable bonds is 6. The third-order valence-corrected chi connectivity index (χ3v) is 3.54. The molecule has 25 heavy (non-hydrogen) atoms. The molecule has 1 heterocycles. The molecule has 6 nitrogen and oxygen atoms in total. The fraction of sp³-hybridized carbons (Fsp3) is 0.105. The third kappa shape index (κ3) is 4.11. The second-order valence-electron chi connectivity index (χ2n) is 5.15. The van der Waals surface area contributed by atoms with Gasteiger partial charge in [0.25, 0.3) is 0 Å². The van der Waals surface area contributed by atoms with E-state index in [-0.39, 0.29) is 0 Å². The predicted molar refractivity (Wildman–Crippen MR) is 98.2 cm³/mol. The SMILES string of the molecule is COc1ccc(/C=N/Nc2ncc(-c3ccccc3)cn2)cc1OC. The van der Waals surface area contributed by atoms with E-state index in [9.17, 15) is 0 Å². The van der Waals surface area contributed by atoms with E-state index in [1.54, 1.807) is 32.8 Å². The maximum atomic E-state index is 5.26. The Morgan fingerprint density at radius 2 is 1.60 bits per heavy atom. The third-order valence-electron chi connectivity index (χ3n) is 3.54. The van der Waals surface area contributed by atoms with Crippen LogP contribution in [0.4, 0.5) is 5.95 Å². The summed E-state index contributed by atoms with van der Waals surface area (Å²) >= 11 is 0. The minimum atomic E-state index is 0.427. The smallest absolute Gasteiger partial charge is 0.243 e. The van der Waals surface area contributed by atoms with E-state index >= 15 is 0 Å². The molecule has 3 aromatic rings. The molecule has 0 atom stereocenters. The second-order valence-corrected chi connectivity index (χ2v) is 5.15. The standard InChI is InChI=1S/C19H18N4O2/c1-24-17-9-8-14(10-18(17)25-2)11-22-23-19-20-12-16(13-21-19)15-6-4-3-5-7-15/h3-13H,1-2H3,(H,20,21,23)/b22-11+. The molecule has 0 bridgehead atoms. The zero-order valence-corrected chi connectivity index (χ0v) is 14.0. The van der Waals surface area contributed by atoms with E-state index in [1.807, 2.05) is 48.5 Å². The monoisotopic (exact) mass is 334 g/mol. The van der Waals surface area contributed by atoms with E-state index in [0.717, 1.165) is 16.7 Å². The second kappa shape index (κ2) is 7.92. The first-order chi connectivity index (χ1) is 12.3. The van der Waals surface area contributed by atoms with Gasteiger partial charge < -0.3 is 9.47 Å². The Kier molecular flexibility index (Phi) is 5.21. The summed E-state index contributed by atoms with van der Waals surface area (Å²) in [7, 11) is 3.20. The van der Waals surface area contributed by atoms with Crippen LogP contribution in [0.1, 0.15) is 5.56 Å². The van der Waals surface area contributed by atoms with Crippen molar-refractivity contribution in [2.45, 2.75) is 0 Å². The van der Waals surface area contributed by atoms with Crippen LogP contribution in [0, 0.1) is 0 Å². The topological polar surface area (TPSA) is 68.6 Å². The predicted octanol–water partition coefficient (Wildman–Crippen LogP) is 3.61. The van der Waals surface area contributed by atoms with Crippen molar-refractivity contribution in [3.63, 3.8) is 0 Å². The van der Waals surface area contributed by atoms with Gasteiger partial charge in [0.1, 0.15) is 0 Å². The van der Waals surface area contributed by atoms with Crippen molar-refractivity contribution < 1.29 is 9.47 Å². The van der Waals surface area contributed by atoms with Gasteiger partial charge in [-0.2, -0.15) is 5.10 Å². The van der Waals surface area contributed by atoms with Crippen molar-refractivity contribution in [1.82, 2.24) is 9.97 Å². The van der Waals surface area contributed by atoms with Gasteiger partial charge in [0.05, 0.1) is 20.4 Å². The van der Waals surface area contributed by atoms with Gasteiger partial charge in [0.2, 0.25) is 5.95 Å². The Labute approximate surface area is 146 Å². The number of hydrazone groups is 1. The average molecular weight is 334 g/mol. The summed E-state index contributed by atoms with van der Waals surface area (Å²) in [6.07, 6.45) is 5.18. The number of nitrogens with zero attached hydrogens (tertiary/aromatic N) is 3. The largest absolute Gasteiger partial charge is 0.493 e. The highest BCUT2D eigenvalue weighted by Gasteiger charge is 2.03. The summed E-state index contributed by atoms with van der Waals surface area (Å²) in [4.78, 5) is 8.53. The molecular formula is C19H18N4O2. The molecule has 1 aromatic heterocycles. The summed E-state index contributed by atoms with van der Waals surface area (Å²) in [5.41, 5.74) is 5.71.